The molecule has 0 atom stereocenters. The van der Waals surface area contributed by atoms with Gasteiger partial charge in [0.15, 0.2) is 0 Å². The molecule has 1 rings (SSSR count). The third-order valence-electron chi connectivity index (χ3n) is 1.39. The molecule has 0 radical (unpaired) electrons. The smallest absolute Gasteiger partial charge is 0.0198 e. The van der Waals surface area contributed by atoms with Gasteiger partial charge in [-0.1, -0.05) is 52.9 Å². The van der Waals surface area contributed by atoms with Crippen LogP contribution in [0.2, 0.25) is 0 Å². The van der Waals surface area contributed by atoms with Gasteiger partial charge in [0.05, 0.1) is 0 Å². The largest absolute Gasteiger partial charge is 0.0622 e. The highest BCUT2D eigenvalue weighted by molar-refractivity contribution is 14.1. The Hall–Kier alpha value is -0.310. The van der Waals surface area contributed by atoms with E-state index in [0.29, 0.717) is 0 Å². The van der Waals surface area contributed by atoms with Gasteiger partial charge in [0.2, 0.25) is 0 Å². The summed E-state index contributed by atoms with van der Waals surface area (Å²) < 4.78 is 2.09. The lowest BCUT2D eigenvalue weighted by atomic mass is 10.1. The minimum atomic E-state index is 1.30. The topological polar surface area (TPSA) is 0 Å². The molecule has 1 heteroatoms. The predicted octanol–water partition coefficient (Wildman–Crippen LogP) is 3.48. The average molecular weight is 244 g/mol. The van der Waals surface area contributed by atoms with Gasteiger partial charge in [0, 0.05) is 0 Å². The number of allylic oxidation sites excluding steroid dienone is 1. The molecule has 52 valence electrons. The van der Waals surface area contributed by atoms with Crippen molar-refractivity contribution in [3.8, 4) is 0 Å². The van der Waals surface area contributed by atoms with E-state index in [9.17, 15) is 0 Å². The van der Waals surface area contributed by atoms with E-state index in [1.807, 2.05) is 6.07 Å². The molecule has 0 aliphatic heterocycles. The summed E-state index contributed by atoms with van der Waals surface area (Å²) in [5.74, 6) is 0. The van der Waals surface area contributed by atoms with Crippen molar-refractivity contribution in [1.82, 2.24) is 0 Å². The normalized spacial score (nSPS) is 11.6. The quantitative estimate of drug-likeness (QED) is 0.663. The van der Waals surface area contributed by atoms with Gasteiger partial charge in [0.1, 0.15) is 0 Å². The van der Waals surface area contributed by atoms with Crippen LogP contribution >= 0.6 is 22.6 Å². The summed E-state index contributed by atoms with van der Waals surface area (Å²) in [6.45, 7) is 2.11. The fraction of sp³-hybridized carbons (Fsp3) is 0.111. The van der Waals surface area contributed by atoms with E-state index in [1.165, 1.54) is 11.1 Å². The van der Waals surface area contributed by atoms with Gasteiger partial charge in [-0.3, -0.25) is 0 Å². The Morgan fingerprint density at radius 1 is 1.30 bits per heavy atom. The first-order valence-electron chi connectivity index (χ1n) is 3.17. The first-order valence-corrected chi connectivity index (χ1v) is 4.41. The van der Waals surface area contributed by atoms with Crippen molar-refractivity contribution in [3.05, 3.63) is 40.0 Å². The monoisotopic (exact) mass is 244 g/mol. The first-order chi connectivity index (χ1) is 4.84. The zero-order valence-corrected chi connectivity index (χ0v) is 8.00. The van der Waals surface area contributed by atoms with Crippen LogP contribution in [-0.2, 0) is 0 Å². The third kappa shape index (κ3) is 1.84. The summed E-state index contributed by atoms with van der Waals surface area (Å²) in [4.78, 5) is 0. The molecule has 0 amide bonds. The molecule has 0 aliphatic rings. The van der Waals surface area contributed by atoms with Gasteiger partial charge >= 0.3 is 0 Å². The molecule has 10 heavy (non-hydrogen) atoms. The molecular weight excluding hydrogens is 235 g/mol. The fourth-order valence-electron chi connectivity index (χ4n) is 0.764. The maximum Gasteiger partial charge on any atom is -0.0198 e. The molecule has 1 aromatic rings. The van der Waals surface area contributed by atoms with Crippen LogP contribution < -0.4 is 0 Å². The molecule has 0 spiro atoms. The number of halogens is 1. The Balaban J connectivity index is 2.96. The van der Waals surface area contributed by atoms with Crippen molar-refractivity contribution in [2.45, 2.75) is 6.92 Å². The maximum atomic E-state index is 2.25. The molecule has 1 aromatic carbocycles. The zero-order chi connectivity index (χ0) is 7.40. The number of hydrogen-bond donors (Lipinski definition) is 0. The van der Waals surface area contributed by atoms with Crippen molar-refractivity contribution < 1.29 is 0 Å². The minimum absolute atomic E-state index is 1.30. The molecule has 0 heterocycles. The second-order valence-corrected chi connectivity index (χ2v) is 2.78. The Morgan fingerprint density at radius 2 is 1.90 bits per heavy atom. The van der Waals surface area contributed by atoms with Crippen LogP contribution in [-0.4, -0.2) is 0 Å². The molecular formula is C9H9I. The predicted molar refractivity (Wildman–Crippen MR) is 54.1 cm³/mol. The van der Waals surface area contributed by atoms with E-state index >= 15 is 0 Å². The average Bonchev–Trinajstić information content (AvgIpc) is 2.05. The SMILES string of the molecule is CC(=CI)c1ccccc1. The van der Waals surface area contributed by atoms with Crippen molar-refractivity contribution in [1.29, 1.82) is 0 Å². The highest BCUT2D eigenvalue weighted by atomic mass is 127. The van der Waals surface area contributed by atoms with E-state index in [2.05, 4.69) is 57.9 Å². The molecule has 0 aromatic heterocycles. The lowest BCUT2D eigenvalue weighted by molar-refractivity contribution is 1.58. The van der Waals surface area contributed by atoms with Crippen LogP contribution in [0, 0.1) is 0 Å². The molecule has 0 saturated carbocycles. The molecule has 0 bridgehead atoms. The zero-order valence-electron chi connectivity index (χ0n) is 5.84. The van der Waals surface area contributed by atoms with Crippen molar-refractivity contribution in [3.63, 3.8) is 0 Å². The van der Waals surface area contributed by atoms with Gasteiger partial charge in [-0.25, -0.2) is 0 Å². The Labute approximate surface area is 75.1 Å². The third-order valence-corrected chi connectivity index (χ3v) is 2.33. The van der Waals surface area contributed by atoms with Crippen LogP contribution in [0.1, 0.15) is 12.5 Å². The summed E-state index contributed by atoms with van der Waals surface area (Å²) in [7, 11) is 0. The second-order valence-electron chi connectivity index (χ2n) is 2.16. The molecule has 0 saturated heterocycles. The summed E-state index contributed by atoms with van der Waals surface area (Å²) >= 11 is 2.25. The van der Waals surface area contributed by atoms with E-state index in [0.717, 1.165) is 0 Å². The Bertz CT molecular complexity index is 224. The standard InChI is InChI=1S/C9H9I/c1-8(7-10)9-5-3-2-4-6-9/h2-7H,1H3. The summed E-state index contributed by atoms with van der Waals surface area (Å²) in [6, 6.07) is 10.4. The number of hydrogen-bond acceptors (Lipinski definition) is 0. The number of benzene rings is 1. The van der Waals surface area contributed by atoms with Crippen LogP contribution in [0.25, 0.3) is 5.57 Å². The highest BCUT2D eigenvalue weighted by Crippen LogP contribution is 2.13. The highest BCUT2D eigenvalue weighted by Gasteiger charge is 1.89. The molecule has 0 unspecified atom stereocenters. The molecule has 0 nitrogen and oxygen atoms in total. The van der Waals surface area contributed by atoms with Crippen LogP contribution in [0.4, 0.5) is 0 Å². The Kier molecular flexibility index (Phi) is 2.93. The lowest BCUT2D eigenvalue weighted by Crippen LogP contribution is -1.74. The van der Waals surface area contributed by atoms with Gasteiger partial charge in [-0.05, 0) is 22.1 Å². The van der Waals surface area contributed by atoms with Crippen LogP contribution in [0.5, 0.6) is 0 Å². The molecule has 0 aliphatic carbocycles. The van der Waals surface area contributed by atoms with Crippen molar-refractivity contribution >= 4 is 28.2 Å². The second kappa shape index (κ2) is 3.76. The molecule has 0 fully saturated rings. The summed E-state index contributed by atoms with van der Waals surface area (Å²) in [5.41, 5.74) is 2.62. The van der Waals surface area contributed by atoms with E-state index in [1.54, 1.807) is 0 Å². The fourth-order valence-corrected chi connectivity index (χ4v) is 1.12. The van der Waals surface area contributed by atoms with Gasteiger partial charge < -0.3 is 0 Å². The van der Waals surface area contributed by atoms with E-state index < -0.39 is 0 Å². The maximum absolute atomic E-state index is 2.25. The van der Waals surface area contributed by atoms with Gasteiger partial charge in [-0.2, -0.15) is 0 Å². The summed E-state index contributed by atoms with van der Waals surface area (Å²) in [6.07, 6.45) is 0. The van der Waals surface area contributed by atoms with Crippen LogP contribution in [0.3, 0.4) is 0 Å². The van der Waals surface area contributed by atoms with E-state index in [-0.39, 0.29) is 0 Å². The summed E-state index contributed by atoms with van der Waals surface area (Å²) in [5, 5.41) is 0. The minimum Gasteiger partial charge on any atom is -0.0622 e. The Morgan fingerprint density at radius 3 is 2.40 bits per heavy atom. The first kappa shape index (κ1) is 7.79. The van der Waals surface area contributed by atoms with Gasteiger partial charge in [-0.15, -0.1) is 0 Å². The number of rotatable bonds is 1. The van der Waals surface area contributed by atoms with Crippen molar-refractivity contribution in [2.75, 3.05) is 0 Å². The van der Waals surface area contributed by atoms with Gasteiger partial charge in [0.25, 0.3) is 0 Å². The molecule has 0 N–H and O–H groups in total. The van der Waals surface area contributed by atoms with E-state index in [4.69, 9.17) is 0 Å². The van der Waals surface area contributed by atoms with Crippen molar-refractivity contribution in [2.24, 2.45) is 0 Å². The lowest BCUT2D eigenvalue weighted by Gasteiger charge is -1.96. The van der Waals surface area contributed by atoms with Crippen LogP contribution in [0.15, 0.2) is 34.4 Å².